The van der Waals surface area contributed by atoms with Crippen molar-refractivity contribution in [2.45, 2.75) is 31.1 Å². The van der Waals surface area contributed by atoms with Crippen LogP contribution in [0.5, 0.6) is 11.5 Å². The minimum atomic E-state index is -1.14. The number of hydrogen-bond donors (Lipinski definition) is 0. The Labute approximate surface area is 265 Å². The zero-order chi connectivity index (χ0) is 29.5. The molecule has 0 aliphatic heterocycles. The quantitative estimate of drug-likeness (QED) is 0.158. The van der Waals surface area contributed by atoms with Crippen LogP contribution in [0.2, 0.25) is 0 Å². The Morgan fingerprint density at radius 1 is 0.467 bits per heavy atom. The third kappa shape index (κ3) is 3.95. The Bertz CT molecular complexity index is 1760. The lowest BCUT2D eigenvalue weighted by atomic mass is 9.51. The van der Waals surface area contributed by atoms with Crippen LogP contribution in [0.4, 0.5) is 0 Å². The summed E-state index contributed by atoms with van der Waals surface area (Å²) in [4.78, 5) is 0. The zero-order valence-electron chi connectivity index (χ0n) is 24.8. The van der Waals surface area contributed by atoms with E-state index in [0.717, 1.165) is 23.3 Å². The molecule has 0 amide bonds. The maximum absolute atomic E-state index is 7.18. The first-order chi connectivity index (χ1) is 22.3. The van der Waals surface area contributed by atoms with Crippen LogP contribution in [0.25, 0.3) is 0 Å². The number of benzene rings is 2. The molecule has 5 aliphatic rings. The van der Waals surface area contributed by atoms with Crippen molar-refractivity contribution in [3.63, 3.8) is 0 Å². The maximum atomic E-state index is 7.18. The van der Waals surface area contributed by atoms with Gasteiger partial charge in [-0.05, 0) is 115 Å². The minimum Gasteiger partial charge on any atom is -0.436 e. The van der Waals surface area contributed by atoms with Crippen LogP contribution in [-0.2, 0) is 0 Å². The van der Waals surface area contributed by atoms with Crippen molar-refractivity contribution >= 4 is 16.9 Å². The molecule has 11 rings (SSSR count). The van der Waals surface area contributed by atoms with Gasteiger partial charge in [-0.3, -0.25) is 17.4 Å². The van der Waals surface area contributed by atoms with Crippen LogP contribution >= 0.6 is 16.9 Å². The van der Waals surface area contributed by atoms with Gasteiger partial charge in [0.1, 0.15) is 11.5 Å². The fourth-order valence-corrected chi connectivity index (χ4v) is 12.4. The van der Waals surface area contributed by atoms with E-state index in [-0.39, 0.29) is 5.92 Å². The van der Waals surface area contributed by atoms with Crippen molar-refractivity contribution in [1.82, 2.24) is 17.4 Å². The van der Waals surface area contributed by atoms with Gasteiger partial charge in [-0.25, -0.2) is 0 Å². The van der Waals surface area contributed by atoms with Crippen molar-refractivity contribution in [3.8, 4) is 11.5 Å². The van der Waals surface area contributed by atoms with E-state index in [9.17, 15) is 0 Å². The summed E-state index contributed by atoms with van der Waals surface area (Å²) in [7, 11) is -2.27. The SMILES string of the molecule is c1cc(OP(n2cccc2)n2cccc2)c2c(c1)C1c3cccc(OP(n4cccc4)n4cccc4)c3C2C2C3CCC(C3)C12. The first kappa shape index (κ1) is 26.3. The van der Waals surface area contributed by atoms with Crippen LogP contribution < -0.4 is 9.05 Å². The molecule has 4 aromatic heterocycles. The number of hydrogen-bond acceptors (Lipinski definition) is 2. The Hall–Kier alpha value is -3.98. The van der Waals surface area contributed by atoms with E-state index < -0.39 is 16.9 Å². The van der Waals surface area contributed by atoms with Gasteiger partial charge in [0, 0.05) is 72.5 Å². The topological polar surface area (TPSA) is 38.2 Å². The third-order valence-electron chi connectivity index (χ3n) is 10.8. The smallest absolute Gasteiger partial charge is 0.317 e. The summed E-state index contributed by atoms with van der Waals surface area (Å²) < 4.78 is 23.2. The molecule has 6 nitrogen and oxygen atoms in total. The highest BCUT2D eigenvalue weighted by Crippen LogP contribution is 2.72. The fourth-order valence-electron chi connectivity index (χ4n) is 9.33. The summed E-state index contributed by atoms with van der Waals surface area (Å²) in [6.07, 6.45) is 21.0. The second-order valence-electron chi connectivity index (χ2n) is 12.9. The van der Waals surface area contributed by atoms with Gasteiger partial charge >= 0.3 is 16.9 Å². The molecule has 224 valence electrons. The molecule has 5 aliphatic carbocycles. The molecule has 6 aromatic rings. The predicted molar refractivity (Wildman–Crippen MR) is 179 cm³/mol. The number of nitrogens with zero attached hydrogens (tertiary/aromatic N) is 4. The Balaban J connectivity index is 1.14. The molecular weight excluding hydrogens is 594 g/mol. The normalized spacial score (nSPS) is 25.5. The minimum absolute atomic E-state index is 0.255. The molecule has 0 radical (unpaired) electrons. The molecule has 2 saturated carbocycles. The van der Waals surface area contributed by atoms with E-state index in [1.165, 1.54) is 41.5 Å². The molecule has 4 unspecified atom stereocenters. The molecule has 45 heavy (non-hydrogen) atoms. The van der Waals surface area contributed by atoms with Crippen molar-refractivity contribution in [2.24, 2.45) is 23.7 Å². The molecule has 4 heterocycles. The summed E-state index contributed by atoms with van der Waals surface area (Å²) in [6.45, 7) is 0. The highest BCUT2D eigenvalue weighted by molar-refractivity contribution is 7.49. The summed E-state index contributed by atoms with van der Waals surface area (Å²) >= 11 is 0. The van der Waals surface area contributed by atoms with E-state index in [1.807, 2.05) is 0 Å². The average Bonchev–Trinajstić information content (AvgIpc) is 3.94. The highest BCUT2D eigenvalue weighted by atomic mass is 31.2. The molecule has 2 fully saturated rings. The number of aromatic nitrogens is 4. The van der Waals surface area contributed by atoms with Crippen LogP contribution in [0, 0.1) is 23.7 Å². The largest absolute Gasteiger partial charge is 0.436 e. The van der Waals surface area contributed by atoms with Gasteiger partial charge in [0.25, 0.3) is 0 Å². The average molecular weight is 629 g/mol. The van der Waals surface area contributed by atoms with Crippen LogP contribution in [0.15, 0.2) is 135 Å². The van der Waals surface area contributed by atoms with Gasteiger partial charge in [-0.2, -0.15) is 0 Å². The van der Waals surface area contributed by atoms with E-state index >= 15 is 0 Å². The highest BCUT2D eigenvalue weighted by Gasteiger charge is 2.61. The van der Waals surface area contributed by atoms with E-state index in [2.05, 4.69) is 152 Å². The summed E-state index contributed by atoms with van der Waals surface area (Å²) in [5.41, 5.74) is 5.75. The molecule has 4 bridgehead atoms. The molecule has 2 aromatic carbocycles. The van der Waals surface area contributed by atoms with E-state index in [0.29, 0.717) is 17.8 Å². The van der Waals surface area contributed by atoms with Gasteiger partial charge in [0.15, 0.2) is 0 Å². The lowest BCUT2D eigenvalue weighted by Gasteiger charge is -2.53. The molecule has 0 saturated heterocycles. The summed E-state index contributed by atoms with van der Waals surface area (Å²) in [6, 6.07) is 30.4. The third-order valence-corrected chi connectivity index (χ3v) is 14.2. The predicted octanol–water partition coefficient (Wildman–Crippen LogP) is 9.55. The first-order valence-electron chi connectivity index (χ1n) is 16.1. The molecule has 4 atom stereocenters. The summed E-state index contributed by atoms with van der Waals surface area (Å²) in [5.74, 6) is 5.58. The lowest BCUT2D eigenvalue weighted by molar-refractivity contribution is 0.148. The zero-order valence-corrected chi connectivity index (χ0v) is 26.6. The van der Waals surface area contributed by atoms with Gasteiger partial charge < -0.3 is 9.05 Å². The van der Waals surface area contributed by atoms with Gasteiger partial charge in [-0.1, -0.05) is 24.3 Å². The lowest BCUT2D eigenvalue weighted by Crippen LogP contribution is -2.43. The van der Waals surface area contributed by atoms with E-state index in [4.69, 9.17) is 9.05 Å². The van der Waals surface area contributed by atoms with Gasteiger partial charge in [0.05, 0.1) is 0 Å². The second-order valence-corrected chi connectivity index (χ2v) is 16.1. The van der Waals surface area contributed by atoms with Gasteiger partial charge in [-0.15, -0.1) is 0 Å². The van der Waals surface area contributed by atoms with Crippen molar-refractivity contribution < 1.29 is 9.05 Å². The standard InChI is InChI=1S/C37H34N4O2P2/c1-2-18-38(17-1)44(39-19-3-4-20-39)42-30-13-9-11-28-34-29-12-10-14-31(43-45(40-21-5-6-22-40)41-23-7-8-24-41)36(29)37(35(28)30)33-27-16-15-26(25-27)32(33)34/h1-14,17-24,26-27,32-34,37H,15-16,25H2. The Morgan fingerprint density at radius 3 is 1.24 bits per heavy atom. The van der Waals surface area contributed by atoms with Crippen molar-refractivity contribution in [2.75, 3.05) is 0 Å². The summed E-state index contributed by atoms with van der Waals surface area (Å²) in [5, 5.41) is 0. The monoisotopic (exact) mass is 628 g/mol. The number of fused-ring (bicyclic) bond motifs is 2. The number of rotatable bonds is 8. The Kier molecular flexibility index (Phi) is 5.99. The first-order valence-corrected chi connectivity index (χ1v) is 18.4. The van der Waals surface area contributed by atoms with Crippen molar-refractivity contribution in [3.05, 3.63) is 157 Å². The second kappa shape index (κ2) is 10.3. The Morgan fingerprint density at radius 2 is 0.844 bits per heavy atom. The molecule has 0 spiro atoms. The van der Waals surface area contributed by atoms with Crippen LogP contribution in [0.3, 0.4) is 0 Å². The van der Waals surface area contributed by atoms with E-state index in [1.54, 1.807) is 0 Å². The molecule has 0 N–H and O–H groups in total. The fraction of sp³-hybridized carbons (Fsp3) is 0.243. The molecular formula is C37H34N4O2P2. The van der Waals surface area contributed by atoms with Crippen molar-refractivity contribution in [1.29, 1.82) is 0 Å². The van der Waals surface area contributed by atoms with Crippen LogP contribution in [0.1, 0.15) is 53.4 Å². The molecule has 8 heteroatoms. The van der Waals surface area contributed by atoms with Gasteiger partial charge in [0.2, 0.25) is 0 Å². The maximum Gasteiger partial charge on any atom is 0.317 e. The van der Waals surface area contributed by atoms with Crippen LogP contribution in [-0.4, -0.2) is 17.4 Å².